The zero-order valence-electron chi connectivity index (χ0n) is 19.6. The first kappa shape index (κ1) is 30.2. The quantitative estimate of drug-likeness (QED) is 0.432. The van der Waals surface area contributed by atoms with Gasteiger partial charge in [-0.3, -0.25) is 0 Å². The summed E-state index contributed by atoms with van der Waals surface area (Å²) in [7, 11) is 0. The average molecular weight is 373 g/mol. The molecule has 156 valence electrons. The van der Waals surface area contributed by atoms with Gasteiger partial charge >= 0.3 is 0 Å². The lowest BCUT2D eigenvalue weighted by Gasteiger charge is -2.19. The van der Waals surface area contributed by atoms with Gasteiger partial charge in [-0.05, 0) is 35.8 Å². The first-order valence-electron chi connectivity index (χ1n) is 10.1. The number of hydrogen-bond acceptors (Lipinski definition) is 0. The van der Waals surface area contributed by atoms with Crippen molar-refractivity contribution < 1.29 is 0 Å². The standard InChI is InChI=1S/2C11H16.2C2H6.CH4/c1-9-5-7-10(8-6-9)11(2,3)4;1-9-6-5-7-10(8-9)11(2,3)4;2*1-2;/h2*5-8H,1-4H3;2*1-2H3;1H4. The molecule has 2 aromatic rings. The van der Waals surface area contributed by atoms with Crippen molar-refractivity contribution >= 4 is 0 Å². The molecule has 0 saturated heterocycles. The molecule has 0 spiro atoms. The van der Waals surface area contributed by atoms with Crippen LogP contribution in [0.5, 0.6) is 0 Å². The van der Waals surface area contributed by atoms with E-state index in [2.05, 4.69) is 104 Å². The van der Waals surface area contributed by atoms with E-state index in [0.29, 0.717) is 0 Å². The highest BCUT2D eigenvalue weighted by Crippen LogP contribution is 2.22. The smallest absolute Gasteiger partial charge is 0.0132 e. The van der Waals surface area contributed by atoms with E-state index in [1.807, 2.05) is 27.7 Å². The van der Waals surface area contributed by atoms with Gasteiger partial charge in [0.15, 0.2) is 0 Å². The van der Waals surface area contributed by atoms with Crippen LogP contribution in [0.2, 0.25) is 0 Å². The molecule has 0 aliphatic heterocycles. The minimum atomic E-state index is 0. The molecular weight excluding hydrogens is 324 g/mol. The third-order valence-corrected chi connectivity index (χ3v) is 3.80. The van der Waals surface area contributed by atoms with Crippen molar-refractivity contribution in [2.45, 2.75) is 101 Å². The topological polar surface area (TPSA) is 0 Å². The second kappa shape index (κ2) is 14.5. The van der Waals surface area contributed by atoms with E-state index in [1.165, 1.54) is 22.3 Å². The third kappa shape index (κ3) is 13.3. The van der Waals surface area contributed by atoms with Crippen molar-refractivity contribution in [3.05, 3.63) is 70.8 Å². The van der Waals surface area contributed by atoms with E-state index < -0.39 is 0 Å². The zero-order valence-corrected chi connectivity index (χ0v) is 19.6. The molecule has 2 rings (SSSR count). The fraction of sp³-hybridized carbons (Fsp3) is 0.556. The van der Waals surface area contributed by atoms with Gasteiger partial charge in [0.25, 0.3) is 0 Å². The lowest BCUT2D eigenvalue weighted by atomic mass is 9.86. The van der Waals surface area contributed by atoms with Gasteiger partial charge < -0.3 is 0 Å². The molecule has 0 fully saturated rings. The fourth-order valence-corrected chi connectivity index (χ4v) is 2.17. The van der Waals surface area contributed by atoms with Gasteiger partial charge in [-0.25, -0.2) is 0 Å². The molecule has 0 saturated carbocycles. The van der Waals surface area contributed by atoms with Crippen LogP contribution in [0.4, 0.5) is 0 Å². The maximum Gasteiger partial charge on any atom is -0.0132 e. The minimum absolute atomic E-state index is 0. The molecular formula is C27H48. The molecule has 27 heavy (non-hydrogen) atoms. The largest absolute Gasteiger partial charge is 0.0776 e. The highest BCUT2D eigenvalue weighted by Gasteiger charge is 2.12. The van der Waals surface area contributed by atoms with E-state index in [-0.39, 0.29) is 18.3 Å². The van der Waals surface area contributed by atoms with Crippen LogP contribution in [-0.4, -0.2) is 0 Å². The molecule has 0 unspecified atom stereocenters. The van der Waals surface area contributed by atoms with Crippen LogP contribution < -0.4 is 0 Å². The molecule has 0 nitrogen and oxygen atoms in total. The third-order valence-electron chi connectivity index (χ3n) is 3.80. The van der Waals surface area contributed by atoms with Gasteiger partial charge in [0.2, 0.25) is 0 Å². The maximum absolute atomic E-state index is 2.25. The van der Waals surface area contributed by atoms with Crippen LogP contribution >= 0.6 is 0 Å². The molecule has 2 aromatic carbocycles. The van der Waals surface area contributed by atoms with Gasteiger partial charge in [-0.15, -0.1) is 0 Å². The summed E-state index contributed by atoms with van der Waals surface area (Å²) in [4.78, 5) is 0. The number of benzene rings is 2. The second-order valence-electron chi connectivity index (χ2n) is 8.24. The van der Waals surface area contributed by atoms with Gasteiger partial charge in [-0.2, -0.15) is 0 Å². The van der Waals surface area contributed by atoms with E-state index in [9.17, 15) is 0 Å². The van der Waals surface area contributed by atoms with Gasteiger partial charge in [0.1, 0.15) is 0 Å². The predicted molar refractivity (Wildman–Crippen MR) is 129 cm³/mol. The highest BCUT2D eigenvalue weighted by molar-refractivity contribution is 5.27. The van der Waals surface area contributed by atoms with Crippen molar-refractivity contribution in [2.24, 2.45) is 0 Å². The molecule has 0 atom stereocenters. The van der Waals surface area contributed by atoms with Gasteiger partial charge in [0, 0.05) is 0 Å². The lowest BCUT2D eigenvalue weighted by Crippen LogP contribution is -2.10. The summed E-state index contributed by atoms with van der Waals surface area (Å²) in [5.74, 6) is 0. The molecule has 0 heterocycles. The van der Waals surface area contributed by atoms with E-state index in [1.54, 1.807) is 0 Å². The van der Waals surface area contributed by atoms with Crippen LogP contribution in [0.3, 0.4) is 0 Å². The van der Waals surface area contributed by atoms with Crippen molar-refractivity contribution in [1.82, 2.24) is 0 Å². The number of aryl methyl sites for hydroxylation is 2. The van der Waals surface area contributed by atoms with E-state index in [4.69, 9.17) is 0 Å². The molecule has 0 amide bonds. The Balaban J connectivity index is -0.000000349. The summed E-state index contributed by atoms with van der Waals surface area (Å²) in [6.45, 7) is 25.7. The summed E-state index contributed by atoms with van der Waals surface area (Å²) in [5.41, 5.74) is 6.07. The summed E-state index contributed by atoms with van der Waals surface area (Å²) in [6, 6.07) is 17.4. The van der Waals surface area contributed by atoms with Crippen molar-refractivity contribution in [3.8, 4) is 0 Å². The molecule has 0 aliphatic rings. The lowest BCUT2D eigenvalue weighted by molar-refractivity contribution is 0.589. The Kier molecular flexibility index (Phi) is 16.2. The fourth-order valence-electron chi connectivity index (χ4n) is 2.17. The first-order chi connectivity index (χ1) is 12.0. The summed E-state index contributed by atoms with van der Waals surface area (Å²) < 4.78 is 0. The first-order valence-corrected chi connectivity index (χ1v) is 10.1. The molecule has 0 N–H and O–H groups in total. The Bertz CT molecular complexity index is 575. The zero-order chi connectivity index (χ0) is 21.0. The normalized spacial score (nSPS) is 9.93. The molecule has 0 heteroatoms. The van der Waals surface area contributed by atoms with E-state index in [0.717, 1.165) is 0 Å². The van der Waals surface area contributed by atoms with Crippen LogP contribution in [-0.2, 0) is 10.8 Å². The summed E-state index contributed by atoms with van der Waals surface area (Å²) >= 11 is 0. The van der Waals surface area contributed by atoms with Gasteiger partial charge in [0.05, 0.1) is 0 Å². The average Bonchev–Trinajstić information content (AvgIpc) is 2.58. The van der Waals surface area contributed by atoms with Crippen LogP contribution in [0.1, 0.15) is 98.9 Å². The van der Waals surface area contributed by atoms with Crippen molar-refractivity contribution in [2.75, 3.05) is 0 Å². The predicted octanol–water partition coefficient (Wildman–Crippen LogP) is 9.27. The second-order valence-corrected chi connectivity index (χ2v) is 8.24. The Hall–Kier alpha value is -1.56. The van der Waals surface area contributed by atoms with Crippen molar-refractivity contribution in [3.63, 3.8) is 0 Å². The maximum atomic E-state index is 2.25. The van der Waals surface area contributed by atoms with Crippen LogP contribution in [0, 0.1) is 13.8 Å². The van der Waals surface area contributed by atoms with Crippen LogP contribution in [0.15, 0.2) is 48.5 Å². The van der Waals surface area contributed by atoms with E-state index >= 15 is 0 Å². The van der Waals surface area contributed by atoms with Crippen molar-refractivity contribution in [1.29, 1.82) is 0 Å². The summed E-state index contributed by atoms with van der Waals surface area (Å²) in [6.07, 6.45) is 0. The highest BCUT2D eigenvalue weighted by atomic mass is 14.2. The Morgan fingerprint density at radius 1 is 0.519 bits per heavy atom. The van der Waals surface area contributed by atoms with Crippen LogP contribution in [0.25, 0.3) is 0 Å². The molecule has 0 aromatic heterocycles. The minimum Gasteiger partial charge on any atom is -0.0776 e. The number of rotatable bonds is 0. The molecule has 0 bridgehead atoms. The Labute approximate surface area is 172 Å². The molecule has 0 aliphatic carbocycles. The Morgan fingerprint density at radius 3 is 1.22 bits per heavy atom. The Morgan fingerprint density at radius 2 is 0.926 bits per heavy atom. The number of hydrogen-bond donors (Lipinski definition) is 0. The van der Waals surface area contributed by atoms with Gasteiger partial charge in [-0.1, -0.05) is 136 Å². The summed E-state index contributed by atoms with van der Waals surface area (Å²) in [5, 5.41) is 0. The molecule has 0 radical (unpaired) electrons. The monoisotopic (exact) mass is 372 g/mol. The SMILES string of the molecule is C.CC.CC.Cc1ccc(C(C)(C)C)cc1.Cc1cccc(C(C)(C)C)c1.